The number of amidine groups is 1. The molecule has 0 bridgehead atoms. The molecule has 0 spiro atoms. The van der Waals surface area contributed by atoms with Gasteiger partial charge in [0.25, 0.3) is 5.91 Å². The van der Waals surface area contributed by atoms with Gasteiger partial charge in [0, 0.05) is 38.4 Å². The van der Waals surface area contributed by atoms with E-state index >= 15 is 0 Å². The van der Waals surface area contributed by atoms with Gasteiger partial charge in [-0.05, 0) is 61.2 Å². The number of nitrogens with zero attached hydrogens (tertiary/aromatic N) is 4. The van der Waals surface area contributed by atoms with Gasteiger partial charge >= 0.3 is 0 Å². The van der Waals surface area contributed by atoms with E-state index in [1.165, 1.54) is 24.3 Å². The topological polar surface area (TPSA) is 98.9 Å². The summed E-state index contributed by atoms with van der Waals surface area (Å²) in [6.07, 6.45) is 4.93. The summed E-state index contributed by atoms with van der Waals surface area (Å²) in [5, 5.41) is 17.4. The zero-order valence-corrected chi connectivity index (χ0v) is 22.3. The first kappa shape index (κ1) is 26.7. The number of hydrogen-bond donors (Lipinski definition) is 3. The molecule has 1 saturated carbocycles. The Kier molecular flexibility index (Phi) is 8.75. The summed E-state index contributed by atoms with van der Waals surface area (Å²) in [5.74, 6) is 0.101. The van der Waals surface area contributed by atoms with E-state index in [1.807, 2.05) is 84.9 Å². The molecule has 8 heteroatoms. The lowest BCUT2D eigenvalue weighted by molar-refractivity contribution is 0.102. The Balaban J connectivity index is 0.00000370. The number of anilines is 1. The van der Waals surface area contributed by atoms with Crippen molar-refractivity contribution in [3.8, 4) is 0 Å². The molecule has 2 fully saturated rings. The monoisotopic (exact) mass is 525 g/mol. The third-order valence-corrected chi connectivity index (χ3v) is 7.87. The molecule has 1 aliphatic carbocycles. The number of carbonyl (C=O) groups excluding carboxylic acids is 1. The van der Waals surface area contributed by atoms with Crippen molar-refractivity contribution in [2.75, 3.05) is 31.5 Å². The number of benzene rings is 3. The Hall–Kier alpha value is -3.88. The molecule has 0 radical (unpaired) electrons. The second-order valence-corrected chi connectivity index (χ2v) is 10.4. The maximum atomic E-state index is 12.9. The third-order valence-electron chi connectivity index (χ3n) is 7.87. The van der Waals surface area contributed by atoms with Gasteiger partial charge in [-0.1, -0.05) is 72.3 Å². The Bertz CT molecular complexity index is 1250. The van der Waals surface area contributed by atoms with Crippen LogP contribution in [0, 0.1) is 10.9 Å². The summed E-state index contributed by atoms with van der Waals surface area (Å²) < 4.78 is 0. The second-order valence-electron chi connectivity index (χ2n) is 10.4. The molecule has 1 unspecified atom stereocenters. The minimum Gasteiger partial charge on any atom is -0.322 e. The van der Waals surface area contributed by atoms with Crippen molar-refractivity contribution in [1.29, 1.82) is 10.9 Å². The summed E-state index contributed by atoms with van der Waals surface area (Å²) in [4.78, 5) is 17.8. The van der Waals surface area contributed by atoms with Crippen LogP contribution in [0.25, 0.3) is 0 Å². The highest BCUT2D eigenvalue weighted by Crippen LogP contribution is 2.30. The first-order valence-electron chi connectivity index (χ1n) is 13.8. The van der Waals surface area contributed by atoms with E-state index in [0.717, 1.165) is 49.4 Å². The molecule has 204 valence electrons. The first-order chi connectivity index (χ1) is 19.1. The minimum atomic E-state index is -0.365. The van der Waals surface area contributed by atoms with Crippen molar-refractivity contribution < 1.29 is 6.22 Å². The average Bonchev–Trinajstić information content (AvgIpc) is 3.18. The highest BCUT2D eigenvalue weighted by molar-refractivity contribution is 6.04. The fraction of sp³-hybridized carbons (Fsp3) is 0.355. The van der Waals surface area contributed by atoms with Crippen LogP contribution < -0.4 is 5.32 Å². The quantitative estimate of drug-likeness (QED) is 0.134. The fourth-order valence-corrected chi connectivity index (χ4v) is 5.49. The van der Waals surface area contributed by atoms with Crippen LogP contribution >= 0.6 is 0 Å². The lowest BCUT2D eigenvalue weighted by Crippen LogP contribution is -2.44. The molecule has 1 atom stereocenters. The molecular weight excluding hydrogens is 486 g/mol. The summed E-state index contributed by atoms with van der Waals surface area (Å²) in [6, 6.07) is 27.1. The first-order valence-corrected chi connectivity index (χ1v) is 13.8. The molecular formula is C31H39N7O. The van der Waals surface area contributed by atoms with E-state index in [1.54, 1.807) is 0 Å². The zero-order valence-electron chi connectivity index (χ0n) is 22.3. The smallest absolute Gasteiger partial charge is 0.255 e. The summed E-state index contributed by atoms with van der Waals surface area (Å²) in [5.41, 5.74) is 11.1. The molecule has 39 heavy (non-hydrogen) atoms. The lowest BCUT2D eigenvalue weighted by Gasteiger charge is -2.37. The Labute approximate surface area is 232 Å². The SMILES string of the molecule is N=NN(Cc1ccccc1)C(=N)C(c1ccc(C(=O)Nc2ccccc2)cc1)N1CCCN(C2CCC2)CC1.[HH]. The zero-order chi connectivity index (χ0) is 27.0. The van der Waals surface area contributed by atoms with Crippen LogP contribution in [0.15, 0.2) is 90.2 Å². The summed E-state index contributed by atoms with van der Waals surface area (Å²) in [7, 11) is 0. The number of amides is 1. The van der Waals surface area contributed by atoms with Gasteiger partial charge in [0.2, 0.25) is 0 Å². The van der Waals surface area contributed by atoms with E-state index < -0.39 is 0 Å². The second kappa shape index (κ2) is 12.8. The van der Waals surface area contributed by atoms with Gasteiger partial charge in [-0.3, -0.25) is 20.0 Å². The molecule has 1 heterocycles. The van der Waals surface area contributed by atoms with Gasteiger partial charge in [0.15, 0.2) is 0 Å². The van der Waals surface area contributed by atoms with Crippen LogP contribution in [0.5, 0.6) is 0 Å². The number of hydrogen-bond acceptors (Lipinski definition) is 6. The van der Waals surface area contributed by atoms with Gasteiger partial charge in [-0.2, -0.15) is 5.53 Å². The van der Waals surface area contributed by atoms with Crippen molar-refractivity contribution in [3.05, 3.63) is 102 Å². The minimum absolute atomic E-state index is 0. The van der Waals surface area contributed by atoms with Gasteiger partial charge in [0.05, 0.1) is 12.6 Å². The van der Waals surface area contributed by atoms with Crippen molar-refractivity contribution in [2.45, 2.75) is 44.3 Å². The van der Waals surface area contributed by atoms with Crippen molar-refractivity contribution in [1.82, 2.24) is 14.8 Å². The Morgan fingerprint density at radius 3 is 2.26 bits per heavy atom. The average molecular weight is 526 g/mol. The third kappa shape index (κ3) is 6.58. The predicted molar refractivity (Wildman–Crippen MR) is 156 cm³/mol. The van der Waals surface area contributed by atoms with E-state index in [-0.39, 0.29) is 19.2 Å². The maximum absolute atomic E-state index is 12.9. The van der Waals surface area contributed by atoms with E-state index in [0.29, 0.717) is 18.2 Å². The number of nitrogens with one attached hydrogen (secondary N) is 3. The van der Waals surface area contributed by atoms with Crippen LogP contribution in [0.2, 0.25) is 0 Å². The van der Waals surface area contributed by atoms with Crippen LogP contribution in [0.3, 0.4) is 0 Å². The molecule has 1 aliphatic heterocycles. The van der Waals surface area contributed by atoms with Crippen molar-refractivity contribution in [3.63, 3.8) is 0 Å². The molecule has 3 N–H and O–H groups in total. The summed E-state index contributed by atoms with van der Waals surface area (Å²) in [6.45, 7) is 4.12. The standard InChI is InChI=1S/C31H37N7O.H2/c32-30(38(35-33)23-24-9-3-1-4-10-24)29(37-20-8-19-36(21-22-37)28-13-7-14-28)25-15-17-26(18-16-25)31(39)34-27-11-5-2-6-12-27;/h1-6,9-12,15-18,28-29,32-33H,7-8,13-14,19-23H2,(H,34,39);1H. The van der Waals surface area contributed by atoms with Gasteiger partial charge in [0.1, 0.15) is 5.84 Å². The van der Waals surface area contributed by atoms with Gasteiger partial charge in [-0.25, -0.2) is 5.01 Å². The molecule has 3 aromatic rings. The number of rotatable bonds is 9. The summed E-state index contributed by atoms with van der Waals surface area (Å²) >= 11 is 0. The molecule has 1 saturated heterocycles. The molecule has 5 rings (SSSR count). The highest BCUT2D eigenvalue weighted by Gasteiger charge is 2.33. The van der Waals surface area contributed by atoms with Crippen molar-refractivity contribution >= 4 is 17.4 Å². The fourth-order valence-electron chi connectivity index (χ4n) is 5.49. The van der Waals surface area contributed by atoms with E-state index in [4.69, 9.17) is 5.53 Å². The lowest BCUT2D eigenvalue weighted by atomic mass is 9.91. The largest absolute Gasteiger partial charge is 0.322 e. The molecule has 8 nitrogen and oxygen atoms in total. The van der Waals surface area contributed by atoms with Crippen molar-refractivity contribution in [2.24, 2.45) is 5.22 Å². The molecule has 1 amide bonds. The van der Waals surface area contributed by atoms with Gasteiger partial charge < -0.3 is 5.32 Å². The van der Waals surface area contributed by atoms with Gasteiger partial charge in [-0.15, -0.1) is 0 Å². The van der Waals surface area contributed by atoms with Crippen LogP contribution in [-0.2, 0) is 6.54 Å². The van der Waals surface area contributed by atoms with Crippen LogP contribution in [-0.4, -0.2) is 58.8 Å². The molecule has 3 aromatic carbocycles. The normalized spacial score (nSPS) is 17.4. The molecule has 2 aliphatic rings. The number of para-hydroxylation sites is 1. The highest BCUT2D eigenvalue weighted by atomic mass is 16.1. The van der Waals surface area contributed by atoms with Crippen LogP contribution in [0.4, 0.5) is 5.69 Å². The maximum Gasteiger partial charge on any atom is 0.255 e. The Morgan fingerprint density at radius 1 is 0.923 bits per heavy atom. The van der Waals surface area contributed by atoms with E-state index in [9.17, 15) is 10.2 Å². The van der Waals surface area contributed by atoms with Crippen LogP contribution in [0.1, 0.15) is 54.6 Å². The Morgan fingerprint density at radius 2 is 1.62 bits per heavy atom. The number of carbonyl (C=O) groups is 1. The molecule has 0 aromatic heterocycles. The van der Waals surface area contributed by atoms with E-state index in [2.05, 4.69) is 20.3 Å². The predicted octanol–water partition coefficient (Wildman–Crippen LogP) is 6.21.